The van der Waals surface area contributed by atoms with Crippen LogP contribution in [0.3, 0.4) is 0 Å². The van der Waals surface area contributed by atoms with Crippen LogP contribution in [0.5, 0.6) is 5.75 Å². The second kappa shape index (κ2) is 6.96. The third kappa shape index (κ3) is 4.76. The van der Waals surface area contributed by atoms with Gasteiger partial charge in [0.2, 0.25) is 0 Å². The van der Waals surface area contributed by atoms with Gasteiger partial charge in [-0.1, -0.05) is 19.9 Å². The Morgan fingerprint density at radius 2 is 2.16 bits per heavy atom. The fourth-order valence-electron chi connectivity index (χ4n) is 1.51. The molecule has 0 saturated heterocycles. The maximum absolute atomic E-state index is 11.1. The number of carboxylic acids is 1. The first-order valence-corrected chi connectivity index (χ1v) is 6.07. The molecule has 1 aromatic rings. The summed E-state index contributed by atoms with van der Waals surface area (Å²) < 4.78 is 5.32. The van der Waals surface area contributed by atoms with Crippen LogP contribution in [-0.4, -0.2) is 41.5 Å². The summed E-state index contributed by atoms with van der Waals surface area (Å²) in [5, 5.41) is 21.8. The minimum Gasteiger partial charge on any atom is -0.490 e. The summed E-state index contributed by atoms with van der Waals surface area (Å²) in [5.74, 6) is -0.987. The summed E-state index contributed by atoms with van der Waals surface area (Å²) in [6, 6.07) is 4.88. The number of anilines is 1. The Morgan fingerprint density at radius 3 is 2.74 bits per heavy atom. The van der Waals surface area contributed by atoms with Crippen LogP contribution in [0.15, 0.2) is 18.2 Å². The molecule has 6 nitrogen and oxygen atoms in total. The van der Waals surface area contributed by atoms with Crippen LogP contribution in [-0.2, 0) is 0 Å². The van der Waals surface area contributed by atoms with Crippen molar-refractivity contribution in [3.8, 4) is 5.75 Å². The van der Waals surface area contributed by atoms with E-state index in [1.54, 1.807) is 6.07 Å². The SMILES string of the molecule is CC(C)NCC(O)COc1cccc(N)c1C(=O)O. The van der Waals surface area contributed by atoms with Crippen molar-refractivity contribution in [3.63, 3.8) is 0 Å². The van der Waals surface area contributed by atoms with Crippen molar-refractivity contribution in [2.45, 2.75) is 26.0 Å². The van der Waals surface area contributed by atoms with E-state index in [9.17, 15) is 9.90 Å². The molecule has 0 heterocycles. The zero-order chi connectivity index (χ0) is 14.4. The minimum absolute atomic E-state index is 0.00343. The van der Waals surface area contributed by atoms with E-state index in [1.807, 2.05) is 13.8 Å². The van der Waals surface area contributed by atoms with Gasteiger partial charge in [-0.25, -0.2) is 4.79 Å². The molecule has 0 radical (unpaired) electrons. The average Bonchev–Trinajstić information content (AvgIpc) is 2.33. The van der Waals surface area contributed by atoms with E-state index in [1.165, 1.54) is 12.1 Å². The molecule has 0 aliphatic rings. The smallest absolute Gasteiger partial charge is 0.341 e. The molecule has 19 heavy (non-hydrogen) atoms. The molecule has 0 aliphatic heterocycles. The number of aliphatic hydroxyl groups is 1. The van der Waals surface area contributed by atoms with Crippen LogP contribution in [0.25, 0.3) is 0 Å². The molecule has 0 aliphatic carbocycles. The molecule has 5 N–H and O–H groups in total. The number of aliphatic hydroxyl groups excluding tert-OH is 1. The van der Waals surface area contributed by atoms with Gasteiger partial charge in [-0.05, 0) is 12.1 Å². The highest BCUT2D eigenvalue weighted by Crippen LogP contribution is 2.24. The minimum atomic E-state index is -1.15. The lowest BCUT2D eigenvalue weighted by molar-refractivity contribution is 0.0684. The van der Waals surface area contributed by atoms with E-state index < -0.39 is 12.1 Å². The zero-order valence-electron chi connectivity index (χ0n) is 11.1. The van der Waals surface area contributed by atoms with Gasteiger partial charge in [-0.15, -0.1) is 0 Å². The summed E-state index contributed by atoms with van der Waals surface area (Å²) >= 11 is 0. The molecule has 6 heteroatoms. The second-order valence-electron chi connectivity index (χ2n) is 4.55. The van der Waals surface area contributed by atoms with E-state index in [4.69, 9.17) is 15.6 Å². The Labute approximate surface area is 112 Å². The Hall–Kier alpha value is -1.79. The maximum atomic E-state index is 11.1. The maximum Gasteiger partial charge on any atom is 0.341 e. The molecule has 1 rings (SSSR count). The Morgan fingerprint density at radius 1 is 1.47 bits per heavy atom. The number of carboxylic acid groups (broad SMARTS) is 1. The number of benzene rings is 1. The van der Waals surface area contributed by atoms with E-state index >= 15 is 0 Å². The molecule has 0 spiro atoms. The van der Waals surface area contributed by atoms with Gasteiger partial charge in [0.25, 0.3) is 0 Å². The lowest BCUT2D eigenvalue weighted by Crippen LogP contribution is -2.35. The first-order valence-electron chi connectivity index (χ1n) is 6.07. The first kappa shape index (κ1) is 15.3. The Kier molecular flexibility index (Phi) is 5.59. The van der Waals surface area contributed by atoms with E-state index in [0.717, 1.165) is 0 Å². The average molecular weight is 268 g/mol. The topological polar surface area (TPSA) is 105 Å². The summed E-state index contributed by atoms with van der Waals surface area (Å²) in [4.78, 5) is 11.1. The fourth-order valence-corrected chi connectivity index (χ4v) is 1.51. The van der Waals surface area contributed by atoms with Crippen LogP contribution in [0, 0.1) is 0 Å². The quantitative estimate of drug-likeness (QED) is 0.543. The van der Waals surface area contributed by atoms with Crippen LogP contribution < -0.4 is 15.8 Å². The molecule has 0 fully saturated rings. The number of hydrogen-bond donors (Lipinski definition) is 4. The van der Waals surface area contributed by atoms with Gasteiger partial charge in [-0.3, -0.25) is 0 Å². The van der Waals surface area contributed by atoms with E-state index in [-0.39, 0.29) is 29.6 Å². The Bertz CT molecular complexity index is 435. The van der Waals surface area contributed by atoms with Gasteiger partial charge in [-0.2, -0.15) is 0 Å². The van der Waals surface area contributed by atoms with Crippen LogP contribution in [0.4, 0.5) is 5.69 Å². The van der Waals surface area contributed by atoms with Crippen molar-refractivity contribution in [1.82, 2.24) is 5.32 Å². The van der Waals surface area contributed by atoms with Crippen molar-refractivity contribution < 1.29 is 19.7 Å². The molecule has 1 atom stereocenters. The Balaban J connectivity index is 2.63. The predicted octanol–water partition coefficient (Wildman–Crippen LogP) is 0.705. The molecule has 0 aromatic heterocycles. The summed E-state index contributed by atoms with van der Waals surface area (Å²) in [5.41, 5.74) is 5.65. The third-order valence-electron chi connectivity index (χ3n) is 2.47. The third-order valence-corrected chi connectivity index (χ3v) is 2.47. The number of aromatic carboxylic acids is 1. The second-order valence-corrected chi connectivity index (χ2v) is 4.55. The van der Waals surface area contributed by atoms with Gasteiger partial charge in [0.15, 0.2) is 0 Å². The first-order chi connectivity index (χ1) is 8.91. The number of nitrogens with two attached hydrogens (primary N) is 1. The summed E-state index contributed by atoms with van der Waals surface area (Å²) in [6.45, 7) is 4.31. The molecule has 1 aromatic carbocycles. The van der Waals surface area contributed by atoms with Gasteiger partial charge in [0, 0.05) is 18.3 Å². The fraction of sp³-hybridized carbons (Fsp3) is 0.462. The number of hydrogen-bond acceptors (Lipinski definition) is 5. The molecule has 0 amide bonds. The lowest BCUT2D eigenvalue weighted by atomic mass is 10.1. The molecule has 0 bridgehead atoms. The van der Waals surface area contributed by atoms with Crippen molar-refractivity contribution >= 4 is 11.7 Å². The van der Waals surface area contributed by atoms with E-state index in [2.05, 4.69) is 5.32 Å². The molecule has 1 unspecified atom stereocenters. The van der Waals surface area contributed by atoms with Gasteiger partial charge in [0.05, 0.1) is 0 Å². The van der Waals surface area contributed by atoms with E-state index in [0.29, 0.717) is 6.54 Å². The van der Waals surface area contributed by atoms with Gasteiger partial charge >= 0.3 is 5.97 Å². The van der Waals surface area contributed by atoms with Crippen molar-refractivity contribution in [2.75, 3.05) is 18.9 Å². The van der Waals surface area contributed by atoms with Crippen molar-refractivity contribution in [1.29, 1.82) is 0 Å². The number of ether oxygens (including phenoxy) is 1. The number of nitrogen functional groups attached to an aromatic ring is 1. The van der Waals surface area contributed by atoms with Crippen LogP contribution in [0.1, 0.15) is 24.2 Å². The molecular weight excluding hydrogens is 248 g/mol. The van der Waals surface area contributed by atoms with Gasteiger partial charge in [0.1, 0.15) is 24.0 Å². The zero-order valence-corrected chi connectivity index (χ0v) is 11.1. The predicted molar refractivity (Wildman–Crippen MR) is 72.5 cm³/mol. The monoisotopic (exact) mass is 268 g/mol. The van der Waals surface area contributed by atoms with Gasteiger partial charge < -0.3 is 26.0 Å². The molecule has 106 valence electrons. The number of carbonyl (C=O) groups is 1. The highest BCUT2D eigenvalue weighted by molar-refractivity contribution is 5.96. The summed E-state index contributed by atoms with van der Waals surface area (Å²) in [6.07, 6.45) is -0.717. The lowest BCUT2D eigenvalue weighted by Gasteiger charge is -2.16. The molecular formula is C13H20N2O4. The normalized spacial score (nSPS) is 12.4. The number of nitrogens with one attached hydrogen (secondary N) is 1. The standard InChI is InChI=1S/C13H20N2O4/c1-8(2)15-6-9(16)7-19-11-5-3-4-10(14)12(11)13(17)18/h3-5,8-9,15-16H,6-7,14H2,1-2H3,(H,17,18). The largest absolute Gasteiger partial charge is 0.490 e. The van der Waals surface area contributed by atoms with Crippen molar-refractivity contribution in [3.05, 3.63) is 23.8 Å². The van der Waals surface area contributed by atoms with Crippen molar-refractivity contribution in [2.24, 2.45) is 0 Å². The summed E-state index contributed by atoms with van der Waals surface area (Å²) in [7, 11) is 0. The van der Waals surface area contributed by atoms with Crippen LogP contribution in [0.2, 0.25) is 0 Å². The highest BCUT2D eigenvalue weighted by Gasteiger charge is 2.16. The molecule has 0 saturated carbocycles. The number of rotatable bonds is 7. The van der Waals surface area contributed by atoms with Crippen LogP contribution >= 0.6 is 0 Å². The highest BCUT2D eigenvalue weighted by atomic mass is 16.5.